The largest absolute Gasteiger partial charge is 0.481 e. The number of nitro groups is 1. The smallest absolute Gasteiger partial charge is 0.308 e. The monoisotopic (exact) mass is 269 g/mol. The molecule has 2 rings (SSSR count). The molecule has 19 heavy (non-hydrogen) atoms. The van der Waals surface area contributed by atoms with Crippen molar-refractivity contribution in [2.24, 2.45) is 5.92 Å². The molecule has 1 aromatic rings. The Bertz CT molecular complexity index is 523. The summed E-state index contributed by atoms with van der Waals surface area (Å²) in [4.78, 5) is 25.9. The highest BCUT2D eigenvalue weighted by Gasteiger charge is 2.28. The van der Waals surface area contributed by atoms with Gasteiger partial charge in [-0.2, -0.15) is 0 Å². The molecule has 1 saturated heterocycles. The van der Waals surface area contributed by atoms with E-state index in [4.69, 9.17) is 5.11 Å². The van der Waals surface area contributed by atoms with Crippen LogP contribution >= 0.6 is 0 Å². The summed E-state index contributed by atoms with van der Waals surface area (Å²) in [5.74, 6) is -2.33. The number of hydrogen-bond donors (Lipinski definition) is 1. The molecule has 1 aliphatic rings. The Balaban J connectivity index is 2.22. The molecule has 1 aliphatic heterocycles. The molecule has 2 heterocycles. The van der Waals surface area contributed by atoms with Gasteiger partial charge in [0.05, 0.1) is 16.9 Å². The summed E-state index contributed by atoms with van der Waals surface area (Å²) >= 11 is 0. The summed E-state index contributed by atoms with van der Waals surface area (Å²) in [6, 6.07) is 0.798. The molecule has 0 amide bonds. The minimum absolute atomic E-state index is 0.0310. The van der Waals surface area contributed by atoms with Crippen LogP contribution in [0.15, 0.2) is 12.3 Å². The molecule has 0 bridgehead atoms. The van der Waals surface area contributed by atoms with Crippen molar-refractivity contribution in [3.05, 3.63) is 28.2 Å². The number of nitrogens with zero attached hydrogens (tertiary/aromatic N) is 3. The number of aliphatic carboxylic acids is 1. The molecule has 1 N–H and O–H groups in total. The topological polar surface area (TPSA) is 96.6 Å². The Morgan fingerprint density at radius 2 is 2.37 bits per heavy atom. The first-order valence-electron chi connectivity index (χ1n) is 5.76. The van der Waals surface area contributed by atoms with Crippen LogP contribution in [-0.2, 0) is 4.79 Å². The van der Waals surface area contributed by atoms with E-state index >= 15 is 0 Å². The number of anilines is 1. The normalized spacial score (nSPS) is 19.2. The maximum Gasteiger partial charge on any atom is 0.308 e. The van der Waals surface area contributed by atoms with E-state index in [9.17, 15) is 19.3 Å². The zero-order valence-electron chi connectivity index (χ0n) is 9.95. The molecular weight excluding hydrogens is 257 g/mol. The zero-order valence-corrected chi connectivity index (χ0v) is 9.95. The lowest BCUT2D eigenvalue weighted by Crippen LogP contribution is -2.39. The van der Waals surface area contributed by atoms with Gasteiger partial charge in [-0.15, -0.1) is 0 Å². The van der Waals surface area contributed by atoms with Crippen molar-refractivity contribution in [2.75, 3.05) is 18.0 Å². The van der Waals surface area contributed by atoms with Gasteiger partial charge in [-0.3, -0.25) is 14.9 Å². The molecule has 1 fully saturated rings. The van der Waals surface area contributed by atoms with Gasteiger partial charge in [0.1, 0.15) is 6.20 Å². The minimum atomic E-state index is -0.924. The van der Waals surface area contributed by atoms with Crippen molar-refractivity contribution in [1.29, 1.82) is 0 Å². The molecule has 0 saturated carbocycles. The van der Waals surface area contributed by atoms with Crippen molar-refractivity contribution in [3.63, 3.8) is 0 Å². The van der Waals surface area contributed by atoms with Crippen LogP contribution in [0.25, 0.3) is 0 Å². The molecule has 8 heteroatoms. The fourth-order valence-electron chi connectivity index (χ4n) is 2.12. The molecule has 0 aromatic carbocycles. The van der Waals surface area contributed by atoms with E-state index in [-0.39, 0.29) is 12.4 Å². The Labute approximate surface area is 107 Å². The van der Waals surface area contributed by atoms with Gasteiger partial charge in [-0.1, -0.05) is 0 Å². The van der Waals surface area contributed by atoms with Crippen LogP contribution in [0.2, 0.25) is 0 Å². The summed E-state index contributed by atoms with van der Waals surface area (Å²) in [6.45, 7) is 0.655. The van der Waals surface area contributed by atoms with Crippen LogP contribution < -0.4 is 4.90 Å². The van der Waals surface area contributed by atoms with Crippen molar-refractivity contribution < 1.29 is 19.2 Å². The maximum atomic E-state index is 13.8. The van der Waals surface area contributed by atoms with Crippen LogP contribution in [0.1, 0.15) is 12.8 Å². The Morgan fingerprint density at radius 1 is 1.63 bits per heavy atom. The lowest BCUT2D eigenvalue weighted by atomic mass is 9.98. The molecule has 0 aliphatic carbocycles. The van der Waals surface area contributed by atoms with Crippen molar-refractivity contribution in [3.8, 4) is 0 Å². The average molecular weight is 269 g/mol. The average Bonchev–Trinajstić information content (AvgIpc) is 2.38. The first kappa shape index (κ1) is 13.2. The molecular formula is C11H12FN3O4. The molecule has 1 aromatic heterocycles. The van der Waals surface area contributed by atoms with E-state index in [0.29, 0.717) is 19.4 Å². The molecule has 1 unspecified atom stereocenters. The van der Waals surface area contributed by atoms with Gasteiger partial charge >= 0.3 is 5.97 Å². The fraction of sp³-hybridized carbons (Fsp3) is 0.455. The summed E-state index contributed by atoms with van der Waals surface area (Å²) in [5, 5.41) is 19.4. The molecule has 7 nitrogen and oxygen atoms in total. The van der Waals surface area contributed by atoms with E-state index in [1.54, 1.807) is 0 Å². The molecule has 1 atom stereocenters. The number of pyridine rings is 1. The Hall–Kier alpha value is -2.25. The highest BCUT2D eigenvalue weighted by atomic mass is 19.1. The second-order valence-corrected chi connectivity index (χ2v) is 4.38. The van der Waals surface area contributed by atoms with Crippen molar-refractivity contribution in [1.82, 2.24) is 4.98 Å². The van der Waals surface area contributed by atoms with E-state index in [0.717, 1.165) is 12.3 Å². The maximum absolute atomic E-state index is 13.8. The van der Waals surface area contributed by atoms with Gasteiger partial charge < -0.3 is 10.0 Å². The fourth-order valence-corrected chi connectivity index (χ4v) is 2.12. The minimum Gasteiger partial charge on any atom is -0.481 e. The molecule has 102 valence electrons. The van der Waals surface area contributed by atoms with Crippen molar-refractivity contribution >= 4 is 17.5 Å². The number of carboxylic acid groups (broad SMARTS) is 1. The van der Waals surface area contributed by atoms with Crippen LogP contribution in [-0.4, -0.2) is 34.1 Å². The second kappa shape index (κ2) is 5.17. The lowest BCUT2D eigenvalue weighted by Gasteiger charge is -2.31. The van der Waals surface area contributed by atoms with E-state index < -0.39 is 28.3 Å². The van der Waals surface area contributed by atoms with E-state index in [2.05, 4.69) is 4.98 Å². The van der Waals surface area contributed by atoms with Crippen LogP contribution in [0.4, 0.5) is 15.9 Å². The summed E-state index contributed by atoms with van der Waals surface area (Å²) < 4.78 is 13.8. The molecule has 0 radical (unpaired) electrons. The zero-order chi connectivity index (χ0) is 14.0. The predicted molar refractivity (Wildman–Crippen MR) is 63.4 cm³/mol. The quantitative estimate of drug-likeness (QED) is 0.658. The summed E-state index contributed by atoms with van der Waals surface area (Å²) in [5.41, 5.74) is -0.423. The number of carboxylic acids is 1. The summed E-state index contributed by atoms with van der Waals surface area (Å²) in [6.07, 6.45) is 2.14. The second-order valence-electron chi connectivity index (χ2n) is 4.38. The number of rotatable bonds is 3. The highest BCUT2D eigenvalue weighted by molar-refractivity contribution is 5.71. The summed E-state index contributed by atoms with van der Waals surface area (Å²) in [7, 11) is 0. The lowest BCUT2D eigenvalue weighted by molar-refractivity contribution is -0.385. The van der Waals surface area contributed by atoms with Gasteiger partial charge in [-0.05, 0) is 12.8 Å². The van der Waals surface area contributed by atoms with Gasteiger partial charge in [0, 0.05) is 13.1 Å². The SMILES string of the molecule is O=C(O)C1CCCN(c2ncc([N+](=O)[O-])cc2F)C1. The predicted octanol–water partition coefficient (Wildman–Crippen LogP) is 1.43. The number of hydrogen-bond acceptors (Lipinski definition) is 5. The van der Waals surface area contributed by atoms with Gasteiger partial charge in [0.25, 0.3) is 5.69 Å². The number of piperidine rings is 1. The standard InChI is InChI=1S/C11H12FN3O4/c12-9-4-8(15(18)19)5-13-10(9)14-3-1-2-7(6-14)11(16)17/h4-5,7H,1-3,6H2,(H,16,17). The first-order chi connectivity index (χ1) is 8.99. The third kappa shape index (κ3) is 2.78. The Kier molecular flexibility index (Phi) is 3.59. The van der Waals surface area contributed by atoms with Gasteiger partial charge in [0.15, 0.2) is 11.6 Å². The van der Waals surface area contributed by atoms with Crippen LogP contribution in [0, 0.1) is 21.8 Å². The van der Waals surface area contributed by atoms with Crippen LogP contribution in [0.5, 0.6) is 0 Å². The Morgan fingerprint density at radius 3 is 2.95 bits per heavy atom. The third-order valence-electron chi connectivity index (χ3n) is 3.09. The highest BCUT2D eigenvalue weighted by Crippen LogP contribution is 2.25. The number of carbonyl (C=O) groups is 1. The van der Waals surface area contributed by atoms with Gasteiger partial charge in [0.2, 0.25) is 0 Å². The number of aromatic nitrogens is 1. The van der Waals surface area contributed by atoms with E-state index in [1.807, 2.05) is 0 Å². The third-order valence-corrected chi connectivity index (χ3v) is 3.09. The van der Waals surface area contributed by atoms with Gasteiger partial charge in [-0.25, -0.2) is 9.37 Å². The van der Waals surface area contributed by atoms with Crippen LogP contribution in [0.3, 0.4) is 0 Å². The first-order valence-corrected chi connectivity index (χ1v) is 5.76. The van der Waals surface area contributed by atoms with E-state index in [1.165, 1.54) is 4.90 Å². The molecule has 0 spiro atoms. The number of halogens is 1. The van der Waals surface area contributed by atoms with Crippen molar-refractivity contribution in [2.45, 2.75) is 12.8 Å².